The minimum Gasteiger partial charge on any atom is -0.497 e. The Bertz CT molecular complexity index is 1080. The van der Waals surface area contributed by atoms with Crippen molar-refractivity contribution in [3.63, 3.8) is 0 Å². The number of carbonyl (C=O) groups is 2. The van der Waals surface area contributed by atoms with Gasteiger partial charge in [-0.25, -0.2) is 9.48 Å². The molecular formula is C22H20BrN3O4. The van der Waals surface area contributed by atoms with Crippen LogP contribution in [0.15, 0.2) is 59.1 Å². The van der Waals surface area contributed by atoms with Crippen molar-refractivity contribution in [3.05, 3.63) is 70.3 Å². The lowest BCUT2D eigenvalue weighted by Gasteiger charge is -2.10. The summed E-state index contributed by atoms with van der Waals surface area (Å²) in [5.74, 6) is 0.447. The van der Waals surface area contributed by atoms with E-state index in [0.29, 0.717) is 22.0 Å². The molecule has 30 heavy (non-hydrogen) atoms. The molecule has 1 heterocycles. The van der Waals surface area contributed by atoms with E-state index < -0.39 is 18.5 Å². The van der Waals surface area contributed by atoms with Gasteiger partial charge in [0.2, 0.25) is 0 Å². The van der Waals surface area contributed by atoms with E-state index in [1.54, 1.807) is 22.9 Å². The topological polar surface area (TPSA) is 82.4 Å². The zero-order valence-electron chi connectivity index (χ0n) is 16.3. The third kappa shape index (κ3) is 4.54. The fourth-order valence-electron chi connectivity index (χ4n) is 3.01. The number of para-hydroxylation sites is 1. The summed E-state index contributed by atoms with van der Waals surface area (Å²) in [6.45, 7) is -0.415. The predicted octanol–water partition coefficient (Wildman–Crippen LogP) is 4.32. The van der Waals surface area contributed by atoms with Gasteiger partial charge in [-0.1, -0.05) is 18.2 Å². The highest BCUT2D eigenvalue weighted by molar-refractivity contribution is 9.10. The first-order chi connectivity index (χ1) is 14.5. The van der Waals surface area contributed by atoms with Crippen LogP contribution in [-0.2, 0) is 9.53 Å². The highest BCUT2D eigenvalue weighted by atomic mass is 79.9. The monoisotopic (exact) mass is 469 g/mol. The zero-order valence-corrected chi connectivity index (χ0v) is 17.9. The van der Waals surface area contributed by atoms with Crippen molar-refractivity contribution in [3.8, 4) is 11.4 Å². The summed E-state index contributed by atoms with van der Waals surface area (Å²) in [4.78, 5) is 24.8. The van der Waals surface area contributed by atoms with Crippen molar-refractivity contribution in [1.82, 2.24) is 9.78 Å². The number of anilines is 1. The molecule has 1 aromatic heterocycles. The molecule has 0 spiro atoms. The molecule has 0 aliphatic heterocycles. The van der Waals surface area contributed by atoms with Crippen molar-refractivity contribution in [2.24, 2.45) is 0 Å². The second kappa shape index (κ2) is 8.71. The number of nitrogens with one attached hydrogen (secondary N) is 1. The maximum atomic E-state index is 12.5. The van der Waals surface area contributed by atoms with Crippen LogP contribution < -0.4 is 10.1 Å². The Labute approximate surface area is 182 Å². The van der Waals surface area contributed by atoms with Crippen molar-refractivity contribution in [1.29, 1.82) is 0 Å². The SMILES string of the molecule is COc1ccc(Br)c(C(=O)OCC(=O)Nc2cc(C3CC3)nn2-c2ccccc2)c1. The maximum Gasteiger partial charge on any atom is 0.339 e. The lowest BCUT2D eigenvalue weighted by molar-refractivity contribution is -0.119. The maximum absolute atomic E-state index is 12.5. The van der Waals surface area contributed by atoms with Crippen molar-refractivity contribution in [2.75, 3.05) is 19.0 Å². The Kier molecular flexibility index (Phi) is 5.85. The van der Waals surface area contributed by atoms with Gasteiger partial charge in [-0.2, -0.15) is 5.10 Å². The molecule has 7 nitrogen and oxygen atoms in total. The number of amides is 1. The predicted molar refractivity (Wildman–Crippen MR) is 115 cm³/mol. The van der Waals surface area contributed by atoms with Crippen LogP contribution in [0.25, 0.3) is 5.69 Å². The van der Waals surface area contributed by atoms with Crippen molar-refractivity contribution in [2.45, 2.75) is 18.8 Å². The van der Waals surface area contributed by atoms with Gasteiger partial charge in [-0.15, -0.1) is 0 Å². The van der Waals surface area contributed by atoms with E-state index in [1.165, 1.54) is 7.11 Å². The molecule has 0 unspecified atom stereocenters. The normalized spacial score (nSPS) is 13.0. The molecule has 1 aliphatic carbocycles. The van der Waals surface area contributed by atoms with Crippen LogP contribution in [-0.4, -0.2) is 35.4 Å². The first-order valence-electron chi connectivity index (χ1n) is 9.51. The van der Waals surface area contributed by atoms with E-state index in [-0.39, 0.29) is 5.56 Å². The van der Waals surface area contributed by atoms with Crippen LogP contribution in [0.3, 0.4) is 0 Å². The number of methoxy groups -OCH3 is 1. The molecule has 1 aliphatic rings. The number of hydrogen-bond donors (Lipinski definition) is 1. The molecule has 0 bridgehead atoms. The molecule has 3 aromatic rings. The number of ether oxygens (including phenoxy) is 2. The second-order valence-corrected chi connectivity index (χ2v) is 7.80. The van der Waals surface area contributed by atoms with Gasteiger partial charge >= 0.3 is 5.97 Å². The van der Waals surface area contributed by atoms with Gasteiger partial charge in [0.25, 0.3) is 5.91 Å². The number of esters is 1. The Balaban J connectivity index is 1.45. The molecule has 8 heteroatoms. The van der Waals surface area contributed by atoms with Crippen LogP contribution in [0.4, 0.5) is 5.82 Å². The zero-order chi connectivity index (χ0) is 21.1. The van der Waals surface area contributed by atoms with Gasteiger partial charge < -0.3 is 14.8 Å². The van der Waals surface area contributed by atoms with Gasteiger partial charge in [0.1, 0.15) is 11.6 Å². The van der Waals surface area contributed by atoms with Gasteiger partial charge in [0.15, 0.2) is 6.61 Å². The summed E-state index contributed by atoms with van der Waals surface area (Å²) in [7, 11) is 1.51. The summed E-state index contributed by atoms with van der Waals surface area (Å²) in [6, 6.07) is 16.4. The van der Waals surface area contributed by atoms with Gasteiger partial charge in [-0.05, 0) is 59.1 Å². The standard InChI is InChI=1S/C22H20BrN3O4/c1-29-16-9-10-18(23)17(11-16)22(28)30-13-21(27)24-20-12-19(14-7-8-14)25-26(20)15-5-3-2-4-6-15/h2-6,9-12,14H,7-8,13H2,1H3,(H,24,27). The second-order valence-electron chi connectivity index (χ2n) is 6.95. The number of carbonyl (C=O) groups excluding carboxylic acids is 2. The highest BCUT2D eigenvalue weighted by Crippen LogP contribution is 2.40. The molecule has 0 radical (unpaired) electrons. The fraction of sp³-hybridized carbons (Fsp3) is 0.227. The average molecular weight is 470 g/mol. The van der Waals surface area contributed by atoms with Gasteiger partial charge in [-0.3, -0.25) is 4.79 Å². The van der Waals surface area contributed by atoms with Crippen LogP contribution >= 0.6 is 15.9 Å². The average Bonchev–Trinajstić information content (AvgIpc) is 3.53. The molecule has 1 fully saturated rings. The number of aromatic nitrogens is 2. The molecule has 154 valence electrons. The minimum atomic E-state index is -0.619. The largest absolute Gasteiger partial charge is 0.497 e. The van der Waals surface area contributed by atoms with Crippen LogP contribution in [0, 0.1) is 0 Å². The first-order valence-corrected chi connectivity index (χ1v) is 10.3. The van der Waals surface area contributed by atoms with E-state index in [4.69, 9.17) is 9.47 Å². The molecule has 0 atom stereocenters. The number of halogens is 1. The van der Waals surface area contributed by atoms with Crippen molar-refractivity contribution >= 4 is 33.6 Å². The molecule has 2 aromatic carbocycles. The minimum absolute atomic E-state index is 0.285. The van der Waals surface area contributed by atoms with E-state index in [9.17, 15) is 9.59 Å². The molecule has 0 saturated heterocycles. The quantitative estimate of drug-likeness (QED) is 0.521. The Morgan fingerprint density at radius 1 is 1.17 bits per heavy atom. The number of benzene rings is 2. The Morgan fingerprint density at radius 3 is 2.63 bits per heavy atom. The van der Waals surface area contributed by atoms with Crippen LogP contribution in [0.2, 0.25) is 0 Å². The van der Waals surface area contributed by atoms with Crippen LogP contribution in [0.1, 0.15) is 34.8 Å². The smallest absolute Gasteiger partial charge is 0.339 e. The lowest BCUT2D eigenvalue weighted by atomic mass is 10.2. The van der Waals surface area contributed by atoms with E-state index in [0.717, 1.165) is 24.2 Å². The number of nitrogens with zero attached hydrogens (tertiary/aromatic N) is 2. The van der Waals surface area contributed by atoms with Crippen molar-refractivity contribution < 1.29 is 19.1 Å². The summed E-state index contributed by atoms with van der Waals surface area (Å²) < 4.78 is 12.6. The van der Waals surface area contributed by atoms with E-state index in [1.807, 2.05) is 36.4 Å². The summed E-state index contributed by atoms with van der Waals surface area (Å²) >= 11 is 3.31. The fourth-order valence-corrected chi connectivity index (χ4v) is 3.42. The molecule has 4 rings (SSSR count). The number of rotatable bonds is 7. The van der Waals surface area contributed by atoms with Gasteiger partial charge in [0.05, 0.1) is 24.1 Å². The molecule has 1 saturated carbocycles. The molecule has 1 N–H and O–H groups in total. The Hall–Kier alpha value is -3.13. The Morgan fingerprint density at radius 2 is 1.93 bits per heavy atom. The number of hydrogen-bond acceptors (Lipinski definition) is 5. The third-order valence-corrected chi connectivity index (χ3v) is 5.41. The summed E-state index contributed by atoms with van der Waals surface area (Å²) in [5, 5.41) is 7.45. The third-order valence-electron chi connectivity index (χ3n) is 4.72. The van der Waals surface area contributed by atoms with Crippen LogP contribution in [0.5, 0.6) is 5.75 Å². The van der Waals surface area contributed by atoms with E-state index in [2.05, 4.69) is 26.3 Å². The highest BCUT2D eigenvalue weighted by Gasteiger charge is 2.28. The first kappa shape index (κ1) is 20.2. The molecule has 1 amide bonds. The summed E-state index contributed by atoms with van der Waals surface area (Å²) in [5.41, 5.74) is 2.08. The lowest BCUT2D eigenvalue weighted by Crippen LogP contribution is -2.22. The molecular weight excluding hydrogens is 450 g/mol. The van der Waals surface area contributed by atoms with E-state index >= 15 is 0 Å². The summed E-state index contributed by atoms with van der Waals surface area (Å²) in [6.07, 6.45) is 2.21. The van der Waals surface area contributed by atoms with Gasteiger partial charge in [0, 0.05) is 16.5 Å².